The molecule has 0 unspecified atom stereocenters. The molecule has 0 aliphatic heterocycles. The predicted molar refractivity (Wildman–Crippen MR) is 71.4 cm³/mol. The Kier molecular flexibility index (Phi) is 3.22. The number of aryl methyl sites for hydroxylation is 2. The fraction of sp³-hybridized carbons (Fsp3) is 0.143. The fourth-order valence-corrected chi connectivity index (χ4v) is 2.15. The summed E-state index contributed by atoms with van der Waals surface area (Å²) in [6.07, 6.45) is 0. The zero-order chi connectivity index (χ0) is 11.7. The van der Waals surface area contributed by atoms with Crippen molar-refractivity contribution in [2.24, 2.45) is 0 Å². The normalized spacial score (nSPS) is 10.5. The van der Waals surface area contributed by atoms with Crippen molar-refractivity contribution >= 4 is 23.2 Å². The maximum absolute atomic E-state index is 6.09. The Morgan fingerprint density at radius 2 is 1.56 bits per heavy atom. The Bertz CT molecular complexity index is 507. The number of hydrogen-bond donors (Lipinski definition) is 0. The minimum absolute atomic E-state index is 0.611. The molecule has 0 aliphatic carbocycles. The van der Waals surface area contributed by atoms with Gasteiger partial charge in [0, 0.05) is 0 Å². The molecule has 16 heavy (non-hydrogen) atoms. The SMILES string of the molecule is Cc1ccccc1-c1cc(C)c(Cl)c(Cl)c1. The third-order valence-corrected chi connectivity index (χ3v) is 3.56. The molecule has 0 atom stereocenters. The molecule has 0 fully saturated rings. The number of benzene rings is 2. The quantitative estimate of drug-likeness (QED) is 0.647. The molecule has 0 heterocycles. The smallest absolute Gasteiger partial charge is 0.0621 e. The maximum Gasteiger partial charge on any atom is 0.0621 e. The third-order valence-electron chi connectivity index (χ3n) is 2.67. The molecule has 2 aromatic carbocycles. The van der Waals surface area contributed by atoms with Gasteiger partial charge in [-0.05, 0) is 48.2 Å². The lowest BCUT2D eigenvalue weighted by molar-refractivity contribution is 1.42. The van der Waals surface area contributed by atoms with E-state index in [0.29, 0.717) is 10.0 Å². The summed E-state index contributed by atoms with van der Waals surface area (Å²) in [6.45, 7) is 4.06. The van der Waals surface area contributed by atoms with E-state index in [4.69, 9.17) is 23.2 Å². The van der Waals surface area contributed by atoms with Gasteiger partial charge in [-0.25, -0.2) is 0 Å². The molecular formula is C14H12Cl2. The van der Waals surface area contributed by atoms with Crippen LogP contribution in [0.3, 0.4) is 0 Å². The Morgan fingerprint density at radius 3 is 2.19 bits per heavy atom. The average molecular weight is 251 g/mol. The zero-order valence-electron chi connectivity index (χ0n) is 9.22. The lowest BCUT2D eigenvalue weighted by Gasteiger charge is -2.09. The van der Waals surface area contributed by atoms with Crippen LogP contribution in [0, 0.1) is 13.8 Å². The van der Waals surface area contributed by atoms with Gasteiger partial charge in [0.05, 0.1) is 10.0 Å². The van der Waals surface area contributed by atoms with Crippen LogP contribution in [0.4, 0.5) is 0 Å². The largest absolute Gasteiger partial charge is 0.0827 e. The highest BCUT2D eigenvalue weighted by atomic mass is 35.5. The van der Waals surface area contributed by atoms with Crippen molar-refractivity contribution < 1.29 is 0 Å². The summed E-state index contributed by atoms with van der Waals surface area (Å²) in [6, 6.07) is 12.2. The molecule has 0 aliphatic rings. The van der Waals surface area contributed by atoms with E-state index in [9.17, 15) is 0 Å². The Hall–Kier alpha value is -0.980. The van der Waals surface area contributed by atoms with Gasteiger partial charge in [-0.3, -0.25) is 0 Å². The van der Waals surface area contributed by atoms with Crippen LogP contribution < -0.4 is 0 Å². The topological polar surface area (TPSA) is 0 Å². The van der Waals surface area contributed by atoms with Crippen LogP contribution in [0.15, 0.2) is 36.4 Å². The van der Waals surface area contributed by atoms with Crippen molar-refractivity contribution in [3.63, 3.8) is 0 Å². The lowest BCUT2D eigenvalue weighted by Crippen LogP contribution is -1.85. The summed E-state index contributed by atoms with van der Waals surface area (Å²) in [5.41, 5.74) is 4.56. The van der Waals surface area contributed by atoms with Gasteiger partial charge in [-0.1, -0.05) is 47.5 Å². The first-order valence-electron chi connectivity index (χ1n) is 5.11. The van der Waals surface area contributed by atoms with Crippen molar-refractivity contribution in [3.05, 3.63) is 57.6 Å². The minimum atomic E-state index is 0.611. The van der Waals surface area contributed by atoms with Gasteiger partial charge >= 0.3 is 0 Å². The second kappa shape index (κ2) is 4.48. The third kappa shape index (κ3) is 2.09. The molecule has 0 bridgehead atoms. The van der Waals surface area contributed by atoms with Crippen LogP contribution in [-0.4, -0.2) is 0 Å². The summed E-state index contributed by atoms with van der Waals surface area (Å²) in [7, 11) is 0. The highest BCUT2D eigenvalue weighted by Gasteiger charge is 2.07. The van der Waals surface area contributed by atoms with Crippen molar-refractivity contribution in [2.75, 3.05) is 0 Å². The van der Waals surface area contributed by atoms with Gasteiger partial charge in [0.25, 0.3) is 0 Å². The van der Waals surface area contributed by atoms with E-state index in [1.54, 1.807) is 0 Å². The van der Waals surface area contributed by atoms with Gasteiger partial charge in [0.2, 0.25) is 0 Å². The highest BCUT2D eigenvalue weighted by Crippen LogP contribution is 2.32. The molecule has 0 spiro atoms. The molecular weight excluding hydrogens is 239 g/mol. The summed E-state index contributed by atoms with van der Waals surface area (Å²) in [5, 5.41) is 1.25. The first-order valence-corrected chi connectivity index (χ1v) is 5.87. The molecule has 0 saturated heterocycles. The molecule has 0 radical (unpaired) electrons. The number of hydrogen-bond acceptors (Lipinski definition) is 0. The summed E-state index contributed by atoms with van der Waals surface area (Å²) < 4.78 is 0. The number of rotatable bonds is 1. The van der Waals surface area contributed by atoms with Gasteiger partial charge in [-0.15, -0.1) is 0 Å². The van der Waals surface area contributed by atoms with E-state index in [1.165, 1.54) is 11.1 Å². The molecule has 82 valence electrons. The van der Waals surface area contributed by atoms with E-state index < -0.39 is 0 Å². The average Bonchev–Trinajstić information content (AvgIpc) is 2.26. The Balaban J connectivity index is 2.62. The van der Waals surface area contributed by atoms with Crippen molar-refractivity contribution in [1.82, 2.24) is 0 Å². The second-order valence-corrected chi connectivity index (χ2v) is 4.69. The van der Waals surface area contributed by atoms with Crippen LogP contribution in [-0.2, 0) is 0 Å². The first kappa shape index (κ1) is 11.5. The molecule has 2 aromatic rings. The standard InChI is InChI=1S/C14H12Cl2/c1-9-5-3-4-6-12(9)11-7-10(2)14(16)13(15)8-11/h3-8H,1-2H3. The molecule has 0 amide bonds. The molecule has 2 heteroatoms. The van der Waals surface area contributed by atoms with E-state index in [-0.39, 0.29) is 0 Å². The summed E-state index contributed by atoms with van der Waals surface area (Å²) >= 11 is 12.1. The van der Waals surface area contributed by atoms with E-state index >= 15 is 0 Å². The molecule has 0 saturated carbocycles. The predicted octanol–water partition coefficient (Wildman–Crippen LogP) is 5.28. The second-order valence-electron chi connectivity index (χ2n) is 3.90. The van der Waals surface area contributed by atoms with Gasteiger partial charge < -0.3 is 0 Å². The molecule has 0 nitrogen and oxygen atoms in total. The van der Waals surface area contributed by atoms with Crippen molar-refractivity contribution in [2.45, 2.75) is 13.8 Å². The van der Waals surface area contributed by atoms with E-state index in [0.717, 1.165) is 11.1 Å². The minimum Gasteiger partial charge on any atom is -0.0827 e. The molecule has 0 aromatic heterocycles. The zero-order valence-corrected chi connectivity index (χ0v) is 10.7. The maximum atomic E-state index is 6.09. The van der Waals surface area contributed by atoms with Crippen molar-refractivity contribution in [3.8, 4) is 11.1 Å². The number of halogens is 2. The first-order chi connectivity index (χ1) is 7.59. The summed E-state index contributed by atoms with van der Waals surface area (Å²) in [5.74, 6) is 0. The fourth-order valence-electron chi connectivity index (χ4n) is 1.78. The van der Waals surface area contributed by atoms with E-state index in [2.05, 4.69) is 25.1 Å². The molecule has 2 rings (SSSR count). The van der Waals surface area contributed by atoms with Crippen LogP contribution >= 0.6 is 23.2 Å². The van der Waals surface area contributed by atoms with Crippen molar-refractivity contribution in [1.29, 1.82) is 0 Å². The molecule has 0 N–H and O–H groups in total. The lowest BCUT2D eigenvalue weighted by atomic mass is 9.99. The van der Waals surface area contributed by atoms with Crippen LogP contribution in [0.25, 0.3) is 11.1 Å². The highest BCUT2D eigenvalue weighted by molar-refractivity contribution is 6.42. The van der Waals surface area contributed by atoms with Crippen LogP contribution in [0.5, 0.6) is 0 Å². The van der Waals surface area contributed by atoms with Crippen LogP contribution in [0.1, 0.15) is 11.1 Å². The van der Waals surface area contributed by atoms with Gasteiger partial charge in [0.1, 0.15) is 0 Å². The Morgan fingerprint density at radius 1 is 0.875 bits per heavy atom. The monoisotopic (exact) mass is 250 g/mol. The summed E-state index contributed by atoms with van der Waals surface area (Å²) in [4.78, 5) is 0. The van der Waals surface area contributed by atoms with Gasteiger partial charge in [-0.2, -0.15) is 0 Å². The van der Waals surface area contributed by atoms with E-state index in [1.807, 2.05) is 25.1 Å². The van der Waals surface area contributed by atoms with Gasteiger partial charge in [0.15, 0.2) is 0 Å². The Labute approximate surface area is 106 Å². The van der Waals surface area contributed by atoms with Crippen LogP contribution in [0.2, 0.25) is 10.0 Å².